The van der Waals surface area contributed by atoms with Gasteiger partial charge in [0.25, 0.3) is 10.2 Å². The van der Waals surface area contributed by atoms with Crippen LogP contribution < -0.4 is 10.0 Å². The van der Waals surface area contributed by atoms with Gasteiger partial charge in [0.1, 0.15) is 0 Å². The first-order chi connectivity index (χ1) is 7.56. The fraction of sp³-hybridized carbons (Fsp3) is 1.00. The van der Waals surface area contributed by atoms with Gasteiger partial charge >= 0.3 is 0 Å². The van der Waals surface area contributed by atoms with E-state index < -0.39 is 10.2 Å². The van der Waals surface area contributed by atoms with E-state index in [-0.39, 0.29) is 6.04 Å². The van der Waals surface area contributed by atoms with E-state index in [9.17, 15) is 8.42 Å². The molecule has 0 aromatic rings. The monoisotopic (exact) mass is 267 g/mol. The molecule has 0 amide bonds. The van der Waals surface area contributed by atoms with Crippen molar-refractivity contribution in [1.82, 2.24) is 14.3 Å². The highest BCUT2D eigenvalue weighted by molar-refractivity contribution is 7.99. The Morgan fingerprint density at radius 3 is 2.62 bits per heavy atom. The summed E-state index contributed by atoms with van der Waals surface area (Å²) in [5, 5.41) is 3.14. The Balaban J connectivity index is 2.43. The highest BCUT2D eigenvalue weighted by atomic mass is 32.2. The molecule has 0 radical (unpaired) electrons. The highest BCUT2D eigenvalue weighted by Crippen LogP contribution is 2.05. The summed E-state index contributed by atoms with van der Waals surface area (Å²) in [5.74, 6) is 1.83. The van der Waals surface area contributed by atoms with E-state index in [2.05, 4.69) is 17.0 Å². The number of piperazine rings is 1. The van der Waals surface area contributed by atoms with Gasteiger partial charge in [0, 0.05) is 38.0 Å². The topological polar surface area (TPSA) is 61.4 Å². The van der Waals surface area contributed by atoms with E-state index in [0.717, 1.165) is 24.6 Å². The fourth-order valence-electron chi connectivity index (χ4n) is 1.54. The van der Waals surface area contributed by atoms with Gasteiger partial charge in [0.2, 0.25) is 0 Å². The maximum absolute atomic E-state index is 11.9. The molecule has 0 saturated carbocycles. The van der Waals surface area contributed by atoms with Crippen LogP contribution in [0.1, 0.15) is 13.8 Å². The molecule has 1 fully saturated rings. The van der Waals surface area contributed by atoms with Crippen molar-refractivity contribution in [3.05, 3.63) is 0 Å². The van der Waals surface area contributed by atoms with E-state index in [4.69, 9.17) is 0 Å². The average molecular weight is 267 g/mol. The van der Waals surface area contributed by atoms with Gasteiger partial charge in [-0.15, -0.1) is 0 Å². The quantitative estimate of drug-likeness (QED) is 0.704. The molecule has 1 heterocycles. The molecule has 1 rings (SSSR count). The predicted octanol–water partition coefficient (Wildman–Crippen LogP) is -0.132. The molecule has 1 unspecified atom stereocenters. The second-order valence-electron chi connectivity index (χ2n) is 3.83. The molecule has 2 N–H and O–H groups in total. The lowest BCUT2D eigenvalue weighted by Gasteiger charge is -2.28. The molecule has 16 heavy (non-hydrogen) atoms. The van der Waals surface area contributed by atoms with E-state index in [1.165, 1.54) is 4.31 Å². The van der Waals surface area contributed by atoms with Gasteiger partial charge < -0.3 is 5.32 Å². The van der Waals surface area contributed by atoms with E-state index in [1.54, 1.807) is 11.8 Å². The zero-order valence-corrected chi connectivity index (χ0v) is 11.5. The van der Waals surface area contributed by atoms with Gasteiger partial charge in [-0.1, -0.05) is 6.92 Å². The van der Waals surface area contributed by atoms with Gasteiger partial charge in [-0.2, -0.15) is 29.2 Å². The smallest absolute Gasteiger partial charge is 0.279 e. The molecule has 0 aliphatic carbocycles. The summed E-state index contributed by atoms with van der Waals surface area (Å²) in [6, 6.07) is -0.00941. The lowest BCUT2D eigenvalue weighted by atomic mass is 10.4. The minimum Gasteiger partial charge on any atom is -0.314 e. The van der Waals surface area contributed by atoms with Crippen LogP contribution in [0.4, 0.5) is 0 Å². The molecule has 0 spiro atoms. The summed E-state index contributed by atoms with van der Waals surface area (Å²) in [7, 11) is -3.28. The van der Waals surface area contributed by atoms with Crippen molar-refractivity contribution in [2.75, 3.05) is 37.7 Å². The van der Waals surface area contributed by atoms with E-state index >= 15 is 0 Å². The van der Waals surface area contributed by atoms with Crippen molar-refractivity contribution in [2.45, 2.75) is 19.9 Å². The molecule has 1 aliphatic rings. The zero-order valence-electron chi connectivity index (χ0n) is 9.90. The third-order valence-corrected chi connectivity index (χ3v) is 5.23. The van der Waals surface area contributed by atoms with Crippen molar-refractivity contribution in [2.24, 2.45) is 0 Å². The van der Waals surface area contributed by atoms with Gasteiger partial charge in [0.15, 0.2) is 0 Å². The maximum atomic E-state index is 11.9. The lowest BCUT2D eigenvalue weighted by molar-refractivity contribution is 0.353. The summed E-state index contributed by atoms with van der Waals surface area (Å²) in [6.45, 7) is 6.56. The normalized spacial score (nSPS) is 20.9. The molecule has 96 valence electrons. The van der Waals surface area contributed by atoms with Crippen LogP contribution in [-0.2, 0) is 10.2 Å². The third-order valence-electron chi connectivity index (χ3n) is 2.34. The van der Waals surface area contributed by atoms with Crippen LogP contribution in [0.5, 0.6) is 0 Å². The Hall–Kier alpha value is 0.180. The first-order valence-corrected chi connectivity index (χ1v) is 8.21. The highest BCUT2D eigenvalue weighted by Gasteiger charge is 2.24. The van der Waals surface area contributed by atoms with Gasteiger partial charge in [-0.05, 0) is 12.7 Å². The first-order valence-electron chi connectivity index (χ1n) is 5.62. The van der Waals surface area contributed by atoms with Crippen molar-refractivity contribution < 1.29 is 8.42 Å². The number of nitrogens with zero attached hydrogens (tertiary/aromatic N) is 1. The van der Waals surface area contributed by atoms with E-state index in [1.807, 2.05) is 6.92 Å². The van der Waals surface area contributed by atoms with Gasteiger partial charge in [-0.3, -0.25) is 0 Å². The minimum atomic E-state index is -3.28. The predicted molar refractivity (Wildman–Crippen MR) is 69.0 cm³/mol. The number of thioether (sulfide) groups is 1. The number of rotatable bonds is 6. The Labute approximate surface area is 103 Å². The molecule has 0 aromatic heterocycles. The fourth-order valence-corrected chi connectivity index (χ4v) is 3.72. The molecule has 1 atom stereocenters. The second-order valence-corrected chi connectivity index (χ2v) is 6.85. The van der Waals surface area contributed by atoms with Crippen molar-refractivity contribution in [1.29, 1.82) is 0 Å². The van der Waals surface area contributed by atoms with Crippen LogP contribution in [0.3, 0.4) is 0 Å². The van der Waals surface area contributed by atoms with Crippen molar-refractivity contribution >= 4 is 22.0 Å². The van der Waals surface area contributed by atoms with Crippen molar-refractivity contribution in [3.8, 4) is 0 Å². The van der Waals surface area contributed by atoms with Crippen LogP contribution in [0.15, 0.2) is 0 Å². The summed E-state index contributed by atoms with van der Waals surface area (Å²) in [5.41, 5.74) is 0. The third kappa shape index (κ3) is 4.58. The van der Waals surface area contributed by atoms with Crippen LogP contribution in [0.25, 0.3) is 0 Å². The Kier molecular flexibility index (Phi) is 6.06. The standard InChI is InChI=1S/C9H21N3O2S2/c1-3-15-8-9(2)11-16(13,14)12-6-4-10-5-7-12/h9-11H,3-8H2,1-2H3. The molecule has 1 saturated heterocycles. The average Bonchev–Trinajstić information content (AvgIpc) is 2.27. The zero-order chi connectivity index (χ0) is 12.0. The molecule has 0 aromatic carbocycles. The molecular formula is C9H21N3O2S2. The van der Waals surface area contributed by atoms with Crippen LogP contribution in [-0.4, -0.2) is 56.4 Å². The summed E-state index contributed by atoms with van der Waals surface area (Å²) < 4.78 is 28.1. The Bertz CT molecular complexity index is 289. The summed E-state index contributed by atoms with van der Waals surface area (Å²) >= 11 is 1.75. The number of hydrogen-bond acceptors (Lipinski definition) is 4. The molecule has 1 aliphatic heterocycles. The van der Waals surface area contributed by atoms with Crippen LogP contribution in [0, 0.1) is 0 Å². The first kappa shape index (κ1) is 14.2. The van der Waals surface area contributed by atoms with Crippen LogP contribution >= 0.6 is 11.8 Å². The largest absolute Gasteiger partial charge is 0.314 e. The molecule has 7 heteroatoms. The molecule has 0 bridgehead atoms. The van der Waals surface area contributed by atoms with E-state index in [0.29, 0.717) is 13.1 Å². The SMILES string of the molecule is CCSCC(C)NS(=O)(=O)N1CCNCC1. The maximum Gasteiger partial charge on any atom is 0.279 e. The van der Waals surface area contributed by atoms with Gasteiger partial charge in [0.05, 0.1) is 0 Å². The van der Waals surface area contributed by atoms with Gasteiger partial charge in [-0.25, -0.2) is 0 Å². The molecular weight excluding hydrogens is 246 g/mol. The molecule has 5 nitrogen and oxygen atoms in total. The van der Waals surface area contributed by atoms with Crippen molar-refractivity contribution in [3.63, 3.8) is 0 Å². The number of hydrogen-bond donors (Lipinski definition) is 2. The Morgan fingerprint density at radius 1 is 1.44 bits per heavy atom. The minimum absolute atomic E-state index is 0.00941. The summed E-state index contributed by atoms with van der Waals surface area (Å²) in [6.07, 6.45) is 0. The van der Waals surface area contributed by atoms with Crippen LogP contribution in [0.2, 0.25) is 0 Å². The lowest BCUT2D eigenvalue weighted by Crippen LogP contribution is -2.52. The number of nitrogens with one attached hydrogen (secondary N) is 2. The summed E-state index contributed by atoms with van der Waals surface area (Å²) in [4.78, 5) is 0. The second kappa shape index (κ2) is 6.80. The Morgan fingerprint density at radius 2 is 2.06 bits per heavy atom.